The molecule has 7 heteroatoms. The molecule has 1 heterocycles. The number of hydrogen-bond acceptors (Lipinski definition) is 3. The molecular formula is C14H18Cl2N4O. The van der Waals surface area contributed by atoms with E-state index in [1.807, 2.05) is 0 Å². The van der Waals surface area contributed by atoms with Crippen molar-refractivity contribution in [2.24, 2.45) is 5.92 Å². The molecule has 2 fully saturated rings. The predicted molar refractivity (Wildman–Crippen MR) is 84.7 cm³/mol. The molecule has 1 aliphatic carbocycles. The van der Waals surface area contributed by atoms with E-state index in [0.29, 0.717) is 27.7 Å². The van der Waals surface area contributed by atoms with Crippen molar-refractivity contribution in [2.45, 2.75) is 31.3 Å². The minimum Gasteiger partial charge on any atom is -0.335 e. The van der Waals surface area contributed by atoms with Crippen LogP contribution in [0.2, 0.25) is 10.0 Å². The number of halogens is 2. The third-order valence-corrected chi connectivity index (χ3v) is 4.89. The van der Waals surface area contributed by atoms with Gasteiger partial charge in [-0.15, -0.1) is 0 Å². The van der Waals surface area contributed by atoms with E-state index in [4.69, 9.17) is 23.2 Å². The Balaban J connectivity index is 1.53. The molecule has 5 nitrogen and oxygen atoms in total. The van der Waals surface area contributed by atoms with Crippen LogP contribution in [0, 0.1) is 5.92 Å². The molecule has 4 N–H and O–H groups in total. The Morgan fingerprint density at radius 2 is 2.10 bits per heavy atom. The van der Waals surface area contributed by atoms with E-state index in [1.165, 1.54) is 0 Å². The summed E-state index contributed by atoms with van der Waals surface area (Å²) < 4.78 is 0. The van der Waals surface area contributed by atoms with E-state index in [9.17, 15) is 4.79 Å². The van der Waals surface area contributed by atoms with Gasteiger partial charge in [0, 0.05) is 24.3 Å². The molecule has 0 spiro atoms. The molecule has 3 rings (SSSR count). The van der Waals surface area contributed by atoms with Crippen LogP contribution in [0.5, 0.6) is 0 Å². The van der Waals surface area contributed by atoms with Crippen molar-refractivity contribution < 1.29 is 4.79 Å². The normalized spacial score (nSPS) is 28.0. The van der Waals surface area contributed by atoms with Crippen LogP contribution in [-0.4, -0.2) is 24.7 Å². The van der Waals surface area contributed by atoms with E-state index >= 15 is 0 Å². The van der Waals surface area contributed by atoms with E-state index in [0.717, 1.165) is 25.8 Å². The summed E-state index contributed by atoms with van der Waals surface area (Å²) >= 11 is 11.8. The Hall–Kier alpha value is -1.01. The van der Waals surface area contributed by atoms with Crippen molar-refractivity contribution in [3.05, 3.63) is 28.2 Å². The van der Waals surface area contributed by atoms with Crippen LogP contribution < -0.4 is 21.5 Å². The fourth-order valence-corrected chi connectivity index (χ4v) is 3.36. The summed E-state index contributed by atoms with van der Waals surface area (Å²) in [6, 6.07) is 5.61. The van der Waals surface area contributed by atoms with Crippen LogP contribution in [-0.2, 0) is 0 Å². The van der Waals surface area contributed by atoms with E-state index in [1.54, 1.807) is 18.2 Å². The monoisotopic (exact) mass is 328 g/mol. The first kappa shape index (κ1) is 14.9. The maximum absolute atomic E-state index is 12.0. The van der Waals surface area contributed by atoms with Gasteiger partial charge in [-0.25, -0.2) is 4.79 Å². The topological polar surface area (TPSA) is 65.2 Å². The molecule has 114 valence electrons. The van der Waals surface area contributed by atoms with Gasteiger partial charge in [0.25, 0.3) is 0 Å². The first-order chi connectivity index (χ1) is 10.1. The highest BCUT2D eigenvalue weighted by molar-refractivity contribution is 6.42. The molecule has 0 radical (unpaired) electrons. The third kappa shape index (κ3) is 3.61. The van der Waals surface area contributed by atoms with Gasteiger partial charge in [0.05, 0.1) is 10.0 Å². The lowest BCUT2D eigenvalue weighted by Crippen LogP contribution is -2.45. The van der Waals surface area contributed by atoms with Crippen LogP contribution in [0.1, 0.15) is 19.3 Å². The summed E-state index contributed by atoms with van der Waals surface area (Å²) in [7, 11) is 0. The molecule has 1 aromatic rings. The van der Waals surface area contributed by atoms with Gasteiger partial charge in [-0.05, 0) is 43.4 Å². The first-order valence-electron chi connectivity index (χ1n) is 7.13. The highest BCUT2D eigenvalue weighted by atomic mass is 35.5. The van der Waals surface area contributed by atoms with Crippen molar-refractivity contribution in [1.82, 2.24) is 16.2 Å². The molecule has 0 aromatic heterocycles. The Morgan fingerprint density at radius 1 is 1.24 bits per heavy atom. The standard InChI is InChI=1S/C14H18Cl2N4O/c15-11-3-1-10(6-12(11)16)19-14(21)18-9-2-4-13-8(5-9)7-17-20-13/h1,3,6,8-9,13,17,20H,2,4-5,7H2,(H2,18,19,21). The van der Waals surface area contributed by atoms with Gasteiger partial charge in [-0.1, -0.05) is 23.2 Å². The smallest absolute Gasteiger partial charge is 0.319 e. The average molecular weight is 329 g/mol. The second-order valence-electron chi connectivity index (χ2n) is 5.63. The lowest BCUT2D eigenvalue weighted by atomic mass is 9.83. The number of carbonyl (C=O) groups is 1. The molecule has 1 saturated heterocycles. The number of hydrazine groups is 1. The van der Waals surface area contributed by atoms with Gasteiger partial charge < -0.3 is 10.6 Å². The minimum absolute atomic E-state index is 0.198. The second-order valence-corrected chi connectivity index (χ2v) is 6.44. The largest absolute Gasteiger partial charge is 0.335 e. The number of nitrogens with one attached hydrogen (secondary N) is 4. The van der Waals surface area contributed by atoms with Crippen LogP contribution in [0.4, 0.5) is 10.5 Å². The van der Waals surface area contributed by atoms with Crippen molar-refractivity contribution in [1.29, 1.82) is 0 Å². The Labute approximate surface area is 133 Å². The molecular weight excluding hydrogens is 311 g/mol. The summed E-state index contributed by atoms with van der Waals surface area (Å²) in [5.74, 6) is 0.592. The molecule has 1 aromatic carbocycles. The van der Waals surface area contributed by atoms with Crippen LogP contribution in [0.25, 0.3) is 0 Å². The quantitative estimate of drug-likeness (QED) is 0.675. The fraction of sp³-hybridized carbons (Fsp3) is 0.500. The number of fused-ring (bicyclic) bond motifs is 1. The van der Waals surface area contributed by atoms with Gasteiger partial charge in [-0.2, -0.15) is 0 Å². The van der Waals surface area contributed by atoms with Crippen molar-refractivity contribution >= 4 is 34.9 Å². The Bertz CT molecular complexity index is 540. The predicted octanol–water partition coefficient (Wildman–Crippen LogP) is 2.76. The minimum atomic E-state index is -0.198. The number of rotatable bonds is 2. The highest BCUT2D eigenvalue weighted by Crippen LogP contribution is 2.27. The zero-order valence-electron chi connectivity index (χ0n) is 11.5. The van der Waals surface area contributed by atoms with Crippen LogP contribution in [0.3, 0.4) is 0 Å². The Kier molecular flexibility index (Phi) is 4.54. The van der Waals surface area contributed by atoms with Gasteiger partial charge in [0.1, 0.15) is 0 Å². The summed E-state index contributed by atoms with van der Waals surface area (Å²) in [5.41, 5.74) is 7.10. The van der Waals surface area contributed by atoms with Crippen molar-refractivity contribution in [3.8, 4) is 0 Å². The number of carbonyl (C=O) groups excluding carboxylic acids is 1. The SMILES string of the molecule is O=C(Nc1ccc(Cl)c(Cl)c1)NC1CCC2NNCC2C1. The van der Waals surface area contributed by atoms with E-state index in [-0.39, 0.29) is 12.1 Å². The second kappa shape index (κ2) is 6.40. The van der Waals surface area contributed by atoms with Gasteiger partial charge in [0.2, 0.25) is 0 Å². The maximum atomic E-state index is 12.0. The first-order valence-corrected chi connectivity index (χ1v) is 7.88. The summed E-state index contributed by atoms with van der Waals surface area (Å²) in [6.45, 7) is 0.970. The number of benzene rings is 1. The molecule has 0 bridgehead atoms. The zero-order valence-corrected chi connectivity index (χ0v) is 13.0. The van der Waals surface area contributed by atoms with E-state index < -0.39 is 0 Å². The molecule has 2 aliphatic rings. The number of anilines is 1. The summed E-state index contributed by atoms with van der Waals surface area (Å²) in [6.07, 6.45) is 3.07. The summed E-state index contributed by atoms with van der Waals surface area (Å²) in [4.78, 5) is 12.0. The zero-order chi connectivity index (χ0) is 14.8. The molecule has 1 saturated carbocycles. The Morgan fingerprint density at radius 3 is 2.90 bits per heavy atom. The average Bonchev–Trinajstić information content (AvgIpc) is 2.90. The van der Waals surface area contributed by atoms with Gasteiger partial charge in [-0.3, -0.25) is 10.9 Å². The molecule has 3 atom stereocenters. The third-order valence-electron chi connectivity index (χ3n) is 4.15. The van der Waals surface area contributed by atoms with Crippen LogP contribution >= 0.6 is 23.2 Å². The van der Waals surface area contributed by atoms with Gasteiger partial charge in [0.15, 0.2) is 0 Å². The fourth-order valence-electron chi connectivity index (χ4n) is 3.06. The van der Waals surface area contributed by atoms with Crippen molar-refractivity contribution in [2.75, 3.05) is 11.9 Å². The molecule has 3 unspecified atom stereocenters. The lowest BCUT2D eigenvalue weighted by molar-refractivity contribution is 0.233. The highest BCUT2D eigenvalue weighted by Gasteiger charge is 2.34. The molecule has 1 aliphatic heterocycles. The maximum Gasteiger partial charge on any atom is 0.319 e. The van der Waals surface area contributed by atoms with Crippen molar-refractivity contribution in [3.63, 3.8) is 0 Å². The molecule has 21 heavy (non-hydrogen) atoms. The number of urea groups is 1. The number of amides is 2. The number of hydrogen-bond donors (Lipinski definition) is 4. The van der Waals surface area contributed by atoms with Gasteiger partial charge >= 0.3 is 6.03 Å². The summed E-state index contributed by atoms with van der Waals surface area (Å²) in [5, 5.41) is 6.73. The lowest BCUT2D eigenvalue weighted by Gasteiger charge is -2.31. The van der Waals surface area contributed by atoms with Crippen LogP contribution in [0.15, 0.2) is 18.2 Å². The van der Waals surface area contributed by atoms with E-state index in [2.05, 4.69) is 21.5 Å². The molecule has 2 amide bonds.